The van der Waals surface area contributed by atoms with Crippen molar-refractivity contribution in [1.82, 2.24) is 14.7 Å². The van der Waals surface area contributed by atoms with Gasteiger partial charge in [-0.1, -0.05) is 0 Å². The number of aromatic nitrogens is 2. The molecule has 0 aliphatic rings. The molecule has 0 bridgehead atoms. The van der Waals surface area contributed by atoms with E-state index in [1.54, 1.807) is 35.1 Å². The van der Waals surface area contributed by atoms with Crippen LogP contribution in [-0.2, 0) is 4.79 Å². The van der Waals surface area contributed by atoms with Crippen molar-refractivity contribution in [2.75, 3.05) is 13.6 Å². The van der Waals surface area contributed by atoms with E-state index in [4.69, 9.17) is 5.73 Å². The molecule has 0 aliphatic heterocycles. The van der Waals surface area contributed by atoms with Crippen LogP contribution in [0, 0.1) is 0 Å². The molecule has 0 saturated carbocycles. The quantitative estimate of drug-likeness (QED) is 0.774. The van der Waals surface area contributed by atoms with Crippen LogP contribution >= 0.6 is 0 Å². The molecule has 1 rings (SSSR count). The van der Waals surface area contributed by atoms with Crippen LogP contribution in [0.2, 0.25) is 0 Å². The third-order valence-electron chi connectivity index (χ3n) is 2.63. The van der Waals surface area contributed by atoms with Crippen molar-refractivity contribution in [3.8, 4) is 0 Å². The lowest BCUT2D eigenvalue weighted by molar-refractivity contribution is -0.134. The molecule has 2 atom stereocenters. The van der Waals surface area contributed by atoms with Crippen LogP contribution in [0.5, 0.6) is 0 Å². The second kappa shape index (κ2) is 4.93. The number of carbonyl (C=O) groups excluding carboxylic acids is 1. The van der Waals surface area contributed by atoms with Gasteiger partial charge in [-0.25, -0.2) is 0 Å². The molecule has 0 radical (unpaired) electrons. The molecule has 2 unspecified atom stereocenters. The van der Waals surface area contributed by atoms with Crippen LogP contribution < -0.4 is 5.73 Å². The Hall–Kier alpha value is -1.36. The molecule has 5 nitrogen and oxygen atoms in total. The standard InChI is InChI=1S/C10H18N4O/c1-8(7-11)13(3)10(15)9(2)14-6-4-5-12-14/h4-6,8-9H,7,11H2,1-3H3. The van der Waals surface area contributed by atoms with E-state index in [0.29, 0.717) is 6.54 Å². The fourth-order valence-electron chi connectivity index (χ4n) is 1.29. The normalized spacial score (nSPS) is 14.7. The fraction of sp³-hybridized carbons (Fsp3) is 0.600. The van der Waals surface area contributed by atoms with E-state index in [0.717, 1.165) is 0 Å². The molecule has 0 aromatic carbocycles. The molecular weight excluding hydrogens is 192 g/mol. The van der Waals surface area contributed by atoms with E-state index in [1.165, 1.54) is 0 Å². The summed E-state index contributed by atoms with van der Waals surface area (Å²) in [6.07, 6.45) is 3.44. The summed E-state index contributed by atoms with van der Waals surface area (Å²) in [5.74, 6) is 0.0247. The van der Waals surface area contributed by atoms with E-state index in [-0.39, 0.29) is 18.0 Å². The Morgan fingerprint density at radius 1 is 1.60 bits per heavy atom. The van der Waals surface area contributed by atoms with Crippen LogP contribution in [0.25, 0.3) is 0 Å². The van der Waals surface area contributed by atoms with Gasteiger partial charge in [-0.05, 0) is 19.9 Å². The minimum Gasteiger partial charge on any atom is -0.340 e. The summed E-state index contributed by atoms with van der Waals surface area (Å²) >= 11 is 0. The smallest absolute Gasteiger partial charge is 0.247 e. The molecule has 5 heteroatoms. The van der Waals surface area contributed by atoms with Gasteiger partial charge in [0.1, 0.15) is 6.04 Å². The zero-order chi connectivity index (χ0) is 11.4. The van der Waals surface area contributed by atoms with E-state index in [9.17, 15) is 4.79 Å². The molecule has 0 fully saturated rings. The van der Waals surface area contributed by atoms with Gasteiger partial charge in [0.2, 0.25) is 5.91 Å². The number of amides is 1. The minimum absolute atomic E-state index is 0.0247. The Morgan fingerprint density at radius 3 is 2.73 bits per heavy atom. The van der Waals surface area contributed by atoms with Gasteiger partial charge in [-0.2, -0.15) is 5.10 Å². The van der Waals surface area contributed by atoms with Gasteiger partial charge >= 0.3 is 0 Å². The van der Waals surface area contributed by atoms with Crippen LogP contribution in [0.1, 0.15) is 19.9 Å². The van der Waals surface area contributed by atoms with E-state index in [2.05, 4.69) is 5.10 Å². The van der Waals surface area contributed by atoms with Gasteiger partial charge < -0.3 is 10.6 Å². The van der Waals surface area contributed by atoms with Gasteiger partial charge in [0.05, 0.1) is 0 Å². The third kappa shape index (κ3) is 2.56. The van der Waals surface area contributed by atoms with Gasteiger partial charge in [0.25, 0.3) is 0 Å². The van der Waals surface area contributed by atoms with Crippen molar-refractivity contribution in [3.05, 3.63) is 18.5 Å². The highest BCUT2D eigenvalue weighted by Crippen LogP contribution is 2.09. The number of carbonyl (C=O) groups is 1. The number of rotatable bonds is 4. The molecule has 1 heterocycles. The number of nitrogens with two attached hydrogens (primary N) is 1. The molecule has 84 valence electrons. The lowest BCUT2D eigenvalue weighted by Gasteiger charge is -2.26. The van der Waals surface area contributed by atoms with Crippen molar-refractivity contribution >= 4 is 5.91 Å². The Labute approximate surface area is 89.9 Å². The topological polar surface area (TPSA) is 64.2 Å². The predicted molar refractivity (Wildman–Crippen MR) is 58.2 cm³/mol. The summed E-state index contributed by atoms with van der Waals surface area (Å²) in [6, 6.07) is 1.57. The second-order valence-corrected chi connectivity index (χ2v) is 3.70. The average Bonchev–Trinajstić information content (AvgIpc) is 2.78. The van der Waals surface area contributed by atoms with Crippen LogP contribution in [0.3, 0.4) is 0 Å². The molecule has 1 aromatic heterocycles. The monoisotopic (exact) mass is 210 g/mol. The lowest BCUT2D eigenvalue weighted by atomic mass is 10.2. The first-order chi connectivity index (χ1) is 7.07. The first-order valence-electron chi connectivity index (χ1n) is 5.03. The molecule has 0 aliphatic carbocycles. The van der Waals surface area contributed by atoms with Crippen molar-refractivity contribution in [2.45, 2.75) is 25.9 Å². The molecule has 0 saturated heterocycles. The number of likely N-dealkylation sites (N-methyl/N-ethyl adjacent to an activating group) is 1. The fourth-order valence-corrected chi connectivity index (χ4v) is 1.29. The van der Waals surface area contributed by atoms with Crippen molar-refractivity contribution in [2.24, 2.45) is 5.73 Å². The third-order valence-corrected chi connectivity index (χ3v) is 2.63. The van der Waals surface area contributed by atoms with Crippen molar-refractivity contribution in [3.63, 3.8) is 0 Å². The van der Waals surface area contributed by atoms with Gasteiger partial charge in [0.15, 0.2) is 0 Å². The maximum atomic E-state index is 12.0. The largest absolute Gasteiger partial charge is 0.340 e. The zero-order valence-corrected chi connectivity index (χ0v) is 9.42. The highest BCUT2D eigenvalue weighted by molar-refractivity contribution is 5.80. The lowest BCUT2D eigenvalue weighted by Crippen LogP contribution is -2.42. The van der Waals surface area contributed by atoms with Crippen LogP contribution in [0.4, 0.5) is 0 Å². The summed E-state index contributed by atoms with van der Waals surface area (Å²) in [5.41, 5.74) is 5.51. The van der Waals surface area contributed by atoms with Gasteiger partial charge in [-0.15, -0.1) is 0 Å². The summed E-state index contributed by atoms with van der Waals surface area (Å²) in [6.45, 7) is 4.22. The van der Waals surface area contributed by atoms with Crippen molar-refractivity contribution < 1.29 is 4.79 Å². The molecule has 1 amide bonds. The predicted octanol–water partition coefficient (Wildman–Crippen LogP) is 0.250. The van der Waals surface area contributed by atoms with Crippen LogP contribution in [-0.4, -0.2) is 40.2 Å². The zero-order valence-electron chi connectivity index (χ0n) is 9.42. The number of hydrogen-bond donors (Lipinski definition) is 1. The maximum Gasteiger partial charge on any atom is 0.247 e. The minimum atomic E-state index is -0.279. The Bertz CT molecular complexity index is 309. The van der Waals surface area contributed by atoms with E-state index in [1.807, 2.05) is 13.8 Å². The summed E-state index contributed by atoms with van der Waals surface area (Å²) in [5, 5.41) is 4.04. The molecule has 0 spiro atoms. The second-order valence-electron chi connectivity index (χ2n) is 3.70. The Kier molecular flexibility index (Phi) is 3.85. The first kappa shape index (κ1) is 11.7. The van der Waals surface area contributed by atoms with E-state index < -0.39 is 0 Å². The van der Waals surface area contributed by atoms with Crippen LogP contribution in [0.15, 0.2) is 18.5 Å². The molecule has 15 heavy (non-hydrogen) atoms. The van der Waals surface area contributed by atoms with Crippen molar-refractivity contribution in [1.29, 1.82) is 0 Å². The number of nitrogens with zero attached hydrogens (tertiary/aromatic N) is 3. The van der Waals surface area contributed by atoms with Gasteiger partial charge in [-0.3, -0.25) is 9.48 Å². The number of hydrogen-bond acceptors (Lipinski definition) is 3. The first-order valence-corrected chi connectivity index (χ1v) is 5.03. The molecule has 2 N–H and O–H groups in total. The van der Waals surface area contributed by atoms with Gasteiger partial charge in [0, 0.05) is 32.0 Å². The summed E-state index contributed by atoms with van der Waals surface area (Å²) in [7, 11) is 1.76. The van der Waals surface area contributed by atoms with E-state index >= 15 is 0 Å². The Balaban J connectivity index is 2.68. The SMILES string of the molecule is CC(CN)N(C)C(=O)C(C)n1cccn1. The Morgan fingerprint density at radius 2 is 2.27 bits per heavy atom. The average molecular weight is 210 g/mol. The molecule has 1 aromatic rings. The summed E-state index contributed by atoms with van der Waals surface area (Å²) in [4.78, 5) is 13.6. The summed E-state index contributed by atoms with van der Waals surface area (Å²) < 4.78 is 1.64. The highest BCUT2D eigenvalue weighted by atomic mass is 16.2. The maximum absolute atomic E-state index is 12.0. The highest BCUT2D eigenvalue weighted by Gasteiger charge is 2.21. The molecular formula is C10H18N4O.